The molecule has 10 aromatic rings. The summed E-state index contributed by atoms with van der Waals surface area (Å²) in [6.07, 6.45) is 0. The summed E-state index contributed by atoms with van der Waals surface area (Å²) in [5.74, 6) is 0. The molecule has 10 rings (SSSR count). The molecule has 0 N–H and O–H groups in total. The number of hydrogen-bond donors (Lipinski definition) is 0. The lowest BCUT2D eigenvalue weighted by molar-refractivity contribution is 1.43. The molecule has 0 saturated carbocycles. The van der Waals surface area contributed by atoms with Crippen LogP contribution in [0, 0.1) is 41.5 Å². The van der Waals surface area contributed by atoms with Gasteiger partial charge in [0.05, 0.1) is 0 Å². The minimum absolute atomic E-state index is 1.26. The Morgan fingerprint density at radius 3 is 0.433 bits per heavy atom. The van der Waals surface area contributed by atoms with Crippen molar-refractivity contribution in [1.82, 2.24) is 0 Å². The zero-order valence-corrected chi connectivity index (χ0v) is 35.3. The number of aryl methyl sites for hydroxylation is 6. The Bertz CT molecular complexity index is 2720. The fourth-order valence-corrected chi connectivity index (χ4v) is 9.72. The fourth-order valence-electron chi connectivity index (χ4n) is 9.72. The lowest BCUT2D eigenvalue weighted by Gasteiger charge is -2.22. The zero-order chi connectivity index (χ0) is 41.1. The smallest absolute Gasteiger partial charge is 0.00921 e. The van der Waals surface area contributed by atoms with Gasteiger partial charge in [0, 0.05) is 0 Å². The van der Waals surface area contributed by atoms with Gasteiger partial charge in [-0.1, -0.05) is 146 Å². The Kier molecular flexibility index (Phi) is 9.30. The molecule has 0 radical (unpaired) electrons. The van der Waals surface area contributed by atoms with Crippen molar-refractivity contribution >= 4 is 32.3 Å². The van der Waals surface area contributed by atoms with Gasteiger partial charge in [-0.15, -0.1) is 0 Å². The molecule has 0 nitrogen and oxygen atoms in total. The molecule has 0 bridgehead atoms. The van der Waals surface area contributed by atoms with E-state index in [4.69, 9.17) is 0 Å². The average molecular weight is 769 g/mol. The van der Waals surface area contributed by atoms with Crippen LogP contribution in [0.3, 0.4) is 0 Å². The van der Waals surface area contributed by atoms with Gasteiger partial charge in [0.15, 0.2) is 0 Å². The van der Waals surface area contributed by atoms with Gasteiger partial charge in [-0.3, -0.25) is 0 Å². The van der Waals surface area contributed by atoms with E-state index in [1.807, 2.05) is 0 Å². The van der Waals surface area contributed by atoms with Crippen LogP contribution in [-0.4, -0.2) is 0 Å². The zero-order valence-electron chi connectivity index (χ0n) is 35.3. The van der Waals surface area contributed by atoms with E-state index in [0.717, 1.165) is 0 Å². The topological polar surface area (TPSA) is 0 Å². The highest BCUT2D eigenvalue weighted by molar-refractivity contribution is 6.29. The van der Waals surface area contributed by atoms with Crippen molar-refractivity contribution in [2.75, 3.05) is 0 Å². The molecular weight excluding hydrogens is 721 g/mol. The maximum atomic E-state index is 2.51. The van der Waals surface area contributed by atoms with Gasteiger partial charge in [0.25, 0.3) is 0 Å². The van der Waals surface area contributed by atoms with Crippen LogP contribution in [0.5, 0.6) is 0 Å². The maximum Gasteiger partial charge on any atom is -0.00921 e. The van der Waals surface area contributed by atoms with Crippen molar-refractivity contribution in [2.45, 2.75) is 41.5 Å². The molecule has 10 aromatic carbocycles. The quantitative estimate of drug-likeness (QED) is 0.148. The van der Waals surface area contributed by atoms with Gasteiger partial charge >= 0.3 is 0 Å². The van der Waals surface area contributed by atoms with Crippen LogP contribution in [-0.2, 0) is 0 Å². The van der Waals surface area contributed by atoms with Crippen LogP contribution in [0.25, 0.3) is 99.1 Å². The monoisotopic (exact) mass is 768 g/mol. The predicted octanol–water partition coefficient (Wildman–Crippen LogP) is 17.0. The molecule has 0 spiro atoms. The van der Waals surface area contributed by atoms with Crippen molar-refractivity contribution < 1.29 is 0 Å². The minimum atomic E-state index is 1.26. The third kappa shape index (κ3) is 6.23. The highest BCUT2D eigenvalue weighted by atomic mass is 14.3. The lowest BCUT2D eigenvalue weighted by Crippen LogP contribution is -1.96. The first-order valence-corrected chi connectivity index (χ1v) is 21.2. The summed E-state index contributed by atoms with van der Waals surface area (Å²) in [5.41, 5.74) is 22.7. The van der Waals surface area contributed by atoms with E-state index in [-0.39, 0.29) is 0 Å². The summed E-state index contributed by atoms with van der Waals surface area (Å²) in [7, 11) is 0. The molecule has 0 aliphatic heterocycles. The molecule has 0 aromatic heterocycles. The Balaban J connectivity index is 1.47. The molecule has 0 aliphatic rings. The van der Waals surface area contributed by atoms with Gasteiger partial charge < -0.3 is 0 Å². The third-order valence-electron chi connectivity index (χ3n) is 13.0. The second-order valence-corrected chi connectivity index (χ2v) is 16.7. The Labute approximate surface area is 354 Å². The lowest BCUT2D eigenvalue weighted by atomic mass is 9.81. The maximum absolute atomic E-state index is 2.51. The largest absolute Gasteiger partial charge is 0.0620 e. The molecule has 0 atom stereocenters. The SMILES string of the molecule is Cc1ccccc1-c1cc2c3cc(-c4ccccc4C)c(-c4ccccc4C)cc3c3cc(-c4ccccc4C)c(-c4ccccc4C)cc3c2cc1-c1ccccc1C. The second-order valence-electron chi connectivity index (χ2n) is 16.7. The minimum Gasteiger partial charge on any atom is -0.0620 e. The molecule has 0 saturated heterocycles. The van der Waals surface area contributed by atoms with Gasteiger partial charge in [-0.2, -0.15) is 0 Å². The molecule has 0 aliphatic carbocycles. The molecule has 60 heavy (non-hydrogen) atoms. The van der Waals surface area contributed by atoms with Crippen molar-refractivity contribution in [1.29, 1.82) is 0 Å². The summed E-state index contributed by atoms with van der Waals surface area (Å²) >= 11 is 0. The highest BCUT2D eigenvalue weighted by Gasteiger charge is 2.22. The van der Waals surface area contributed by atoms with Crippen LogP contribution in [0.1, 0.15) is 33.4 Å². The third-order valence-corrected chi connectivity index (χ3v) is 13.0. The summed E-state index contributed by atoms with van der Waals surface area (Å²) in [6.45, 7) is 13.5. The van der Waals surface area contributed by atoms with Crippen molar-refractivity contribution in [2.24, 2.45) is 0 Å². The molecule has 0 unspecified atom stereocenters. The van der Waals surface area contributed by atoms with Crippen LogP contribution in [0.4, 0.5) is 0 Å². The molecule has 0 amide bonds. The first-order chi connectivity index (χ1) is 29.3. The van der Waals surface area contributed by atoms with E-state index in [0.29, 0.717) is 0 Å². The van der Waals surface area contributed by atoms with E-state index in [2.05, 4.69) is 224 Å². The average Bonchev–Trinajstić information content (AvgIpc) is 3.26. The van der Waals surface area contributed by atoms with Crippen molar-refractivity contribution in [3.63, 3.8) is 0 Å². The highest BCUT2D eigenvalue weighted by Crippen LogP contribution is 2.49. The molecule has 0 heterocycles. The predicted molar refractivity (Wildman–Crippen MR) is 260 cm³/mol. The molecule has 0 fully saturated rings. The van der Waals surface area contributed by atoms with E-state index >= 15 is 0 Å². The summed E-state index contributed by atoms with van der Waals surface area (Å²) in [5, 5.41) is 7.58. The number of rotatable bonds is 6. The van der Waals surface area contributed by atoms with Gasteiger partial charge in [-0.05, 0) is 210 Å². The van der Waals surface area contributed by atoms with Gasteiger partial charge in [0.2, 0.25) is 0 Å². The molecule has 288 valence electrons. The van der Waals surface area contributed by atoms with Crippen LogP contribution >= 0.6 is 0 Å². The Morgan fingerprint density at radius 2 is 0.300 bits per heavy atom. The number of fused-ring (bicyclic) bond motifs is 6. The summed E-state index contributed by atoms with van der Waals surface area (Å²) in [6, 6.07) is 68.3. The molecular formula is C60H48. The van der Waals surface area contributed by atoms with Gasteiger partial charge in [-0.25, -0.2) is 0 Å². The van der Waals surface area contributed by atoms with Crippen molar-refractivity contribution in [3.8, 4) is 66.8 Å². The Hall–Kier alpha value is -7.02. The van der Waals surface area contributed by atoms with Crippen LogP contribution in [0.15, 0.2) is 182 Å². The Morgan fingerprint density at radius 1 is 0.167 bits per heavy atom. The first kappa shape index (κ1) is 37.3. The summed E-state index contributed by atoms with van der Waals surface area (Å²) in [4.78, 5) is 0. The summed E-state index contributed by atoms with van der Waals surface area (Å²) < 4.78 is 0. The van der Waals surface area contributed by atoms with Gasteiger partial charge in [0.1, 0.15) is 0 Å². The van der Waals surface area contributed by atoms with E-state index in [1.54, 1.807) is 0 Å². The standard InChI is InChI=1S/C60H48/c1-37-19-7-13-25-43(37)49-31-55-56(32-50(49)44-26-14-8-20-38(44)2)58-34-52(46-28-16-10-22-40(46)4)54(48-30-18-12-24-42(48)6)36-60(58)59-35-53(47-29-17-11-23-41(47)5)51(33-57(55)59)45-27-15-9-21-39(45)3/h7-36H,1-6H3. The first-order valence-electron chi connectivity index (χ1n) is 21.2. The van der Waals surface area contributed by atoms with E-state index in [1.165, 1.54) is 132 Å². The fraction of sp³-hybridized carbons (Fsp3) is 0.100. The van der Waals surface area contributed by atoms with Crippen LogP contribution in [0.2, 0.25) is 0 Å². The van der Waals surface area contributed by atoms with Crippen molar-refractivity contribution in [3.05, 3.63) is 215 Å². The van der Waals surface area contributed by atoms with E-state index < -0.39 is 0 Å². The number of hydrogen-bond acceptors (Lipinski definition) is 0. The number of benzene rings is 10. The van der Waals surface area contributed by atoms with E-state index in [9.17, 15) is 0 Å². The molecule has 0 heteroatoms. The second kappa shape index (κ2) is 15.0. The van der Waals surface area contributed by atoms with Crippen LogP contribution < -0.4 is 0 Å². The normalized spacial score (nSPS) is 11.5.